The third-order valence-corrected chi connectivity index (χ3v) is 3.59. The molecular weight excluding hydrogens is 280 g/mol. The van der Waals surface area contributed by atoms with Gasteiger partial charge in [0.15, 0.2) is 0 Å². The molecule has 1 atom stereocenters. The van der Waals surface area contributed by atoms with Gasteiger partial charge in [-0.25, -0.2) is 4.79 Å². The first-order valence-electron chi connectivity index (χ1n) is 8.26. The fraction of sp³-hybridized carbons (Fsp3) is 0.611. The minimum atomic E-state index is -1.58. The monoisotopic (exact) mass is 308 g/mol. The molecule has 0 saturated heterocycles. The van der Waals surface area contributed by atoms with E-state index in [1.54, 1.807) is 19.1 Å². The molecule has 0 aromatic heterocycles. The van der Waals surface area contributed by atoms with E-state index >= 15 is 0 Å². The van der Waals surface area contributed by atoms with Crippen LogP contribution in [0.5, 0.6) is 5.75 Å². The number of carboxylic acid groups (broad SMARTS) is 1. The van der Waals surface area contributed by atoms with Gasteiger partial charge in [-0.05, 0) is 25.5 Å². The maximum Gasteiger partial charge on any atom is 0.377 e. The molecular formula is C18H28O4. The smallest absolute Gasteiger partial charge is 0.377 e. The van der Waals surface area contributed by atoms with Crippen LogP contribution >= 0.6 is 0 Å². The molecule has 0 aliphatic rings. The zero-order valence-electron chi connectivity index (χ0n) is 13.7. The van der Waals surface area contributed by atoms with Gasteiger partial charge in [0.1, 0.15) is 5.75 Å². The third kappa shape index (κ3) is 6.06. The van der Waals surface area contributed by atoms with Crippen LogP contribution < -0.4 is 4.74 Å². The van der Waals surface area contributed by atoms with Crippen LogP contribution in [0.3, 0.4) is 0 Å². The van der Waals surface area contributed by atoms with Crippen molar-refractivity contribution in [2.45, 2.75) is 64.6 Å². The number of unbranched alkanes of at least 4 members (excludes halogenated alkanes) is 5. The Balaban J connectivity index is 2.63. The van der Waals surface area contributed by atoms with Crippen molar-refractivity contribution < 1.29 is 19.4 Å². The highest BCUT2D eigenvalue weighted by Crippen LogP contribution is 2.26. The quantitative estimate of drug-likeness (QED) is 0.451. The Bertz CT molecular complexity index is 418. The molecule has 0 saturated carbocycles. The summed E-state index contributed by atoms with van der Waals surface area (Å²) < 4.78 is 11.2. The molecule has 0 radical (unpaired) electrons. The van der Waals surface area contributed by atoms with Crippen molar-refractivity contribution >= 4 is 5.97 Å². The van der Waals surface area contributed by atoms with E-state index in [0.717, 1.165) is 19.3 Å². The van der Waals surface area contributed by atoms with Crippen LogP contribution in [0.4, 0.5) is 0 Å². The molecule has 0 aliphatic carbocycles. The van der Waals surface area contributed by atoms with Crippen molar-refractivity contribution in [1.82, 2.24) is 0 Å². The summed E-state index contributed by atoms with van der Waals surface area (Å²) in [7, 11) is 0. The largest absolute Gasteiger partial charge is 0.476 e. The van der Waals surface area contributed by atoms with E-state index in [4.69, 9.17) is 9.47 Å². The van der Waals surface area contributed by atoms with E-state index in [-0.39, 0.29) is 0 Å². The number of ether oxygens (including phenoxy) is 2. The van der Waals surface area contributed by atoms with Gasteiger partial charge in [0.2, 0.25) is 0 Å². The van der Waals surface area contributed by atoms with Crippen LogP contribution in [0.15, 0.2) is 30.3 Å². The van der Waals surface area contributed by atoms with Gasteiger partial charge in [0, 0.05) is 13.0 Å². The number of rotatable bonds is 12. The molecule has 0 amide bonds. The summed E-state index contributed by atoms with van der Waals surface area (Å²) >= 11 is 0. The second-order valence-corrected chi connectivity index (χ2v) is 5.42. The molecule has 4 nitrogen and oxygen atoms in total. The Morgan fingerprint density at radius 2 is 1.68 bits per heavy atom. The maximum atomic E-state index is 11.7. The van der Waals surface area contributed by atoms with Gasteiger partial charge >= 0.3 is 11.8 Å². The van der Waals surface area contributed by atoms with Crippen molar-refractivity contribution in [3.8, 4) is 5.75 Å². The molecule has 1 N–H and O–H groups in total. The van der Waals surface area contributed by atoms with Crippen LogP contribution in [-0.4, -0.2) is 23.5 Å². The van der Waals surface area contributed by atoms with Gasteiger partial charge in [0.25, 0.3) is 0 Å². The average Bonchev–Trinajstić information content (AvgIpc) is 2.51. The van der Waals surface area contributed by atoms with E-state index < -0.39 is 11.8 Å². The van der Waals surface area contributed by atoms with Crippen molar-refractivity contribution in [2.75, 3.05) is 6.61 Å². The lowest BCUT2D eigenvalue weighted by molar-refractivity contribution is -0.213. The number of para-hydroxylation sites is 1. The van der Waals surface area contributed by atoms with Gasteiger partial charge in [-0.3, -0.25) is 0 Å². The molecule has 1 aromatic rings. The first-order valence-corrected chi connectivity index (χ1v) is 8.26. The van der Waals surface area contributed by atoms with Gasteiger partial charge < -0.3 is 14.6 Å². The summed E-state index contributed by atoms with van der Waals surface area (Å²) in [5, 5.41) is 9.61. The lowest BCUT2D eigenvalue weighted by atomic mass is 10.0. The van der Waals surface area contributed by atoms with Crippen LogP contribution in [0.25, 0.3) is 0 Å². The summed E-state index contributed by atoms with van der Waals surface area (Å²) in [6, 6.07) is 9.00. The van der Waals surface area contributed by atoms with Crippen molar-refractivity contribution in [3.05, 3.63) is 30.3 Å². The molecule has 124 valence electrons. The molecule has 0 spiro atoms. The summed E-state index contributed by atoms with van der Waals surface area (Å²) in [5.41, 5.74) is 0. The standard InChI is InChI=1S/C18H28O4/c1-3-5-6-7-8-12-15-18(17(19)20,21-4-2)22-16-13-10-9-11-14-16/h9-11,13-14H,3-8,12,15H2,1-2H3,(H,19,20). The number of hydrogen-bond acceptors (Lipinski definition) is 3. The Kier molecular flexibility index (Phi) is 8.60. The zero-order valence-corrected chi connectivity index (χ0v) is 13.7. The van der Waals surface area contributed by atoms with Crippen LogP contribution in [0, 0.1) is 0 Å². The minimum absolute atomic E-state index is 0.301. The second-order valence-electron chi connectivity index (χ2n) is 5.42. The molecule has 4 heteroatoms. The summed E-state index contributed by atoms with van der Waals surface area (Å²) in [6.07, 6.45) is 6.90. The van der Waals surface area contributed by atoms with Gasteiger partial charge in [0.05, 0.1) is 0 Å². The lowest BCUT2D eigenvalue weighted by Crippen LogP contribution is -2.47. The highest BCUT2D eigenvalue weighted by molar-refractivity contribution is 5.76. The van der Waals surface area contributed by atoms with E-state index in [0.29, 0.717) is 18.8 Å². The SMILES string of the molecule is CCCCCCCCC(OCC)(Oc1ccccc1)C(=O)O. The minimum Gasteiger partial charge on any atom is -0.476 e. The maximum absolute atomic E-state index is 11.7. The van der Waals surface area contributed by atoms with E-state index in [2.05, 4.69) is 6.92 Å². The first kappa shape index (κ1) is 18.5. The Morgan fingerprint density at radius 3 is 2.27 bits per heavy atom. The van der Waals surface area contributed by atoms with Crippen LogP contribution in [0.1, 0.15) is 58.8 Å². The number of carbonyl (C=O) groups is 1. The Hall–Kier alpha value is -1.55. The third-order valence-electron chi connectivity index (χ3n) is 3.59. The van der Waals surface area contributed by atoms with Crippen molar-refractivity contribution in [2.24, 2.45) is 0 Å². The molecule has 22 heavy (non-hydrogen) atoms. The van der Waals surface area contributed by atoms with E-state index in [1.807, 2.05) is 18.2 Å². The topological polar surface area (TPSA) is 55.8 Å². The molecule has 1 aromatic carbocycles. The number of hydrogen-bond donors (Lipinski definition) is 1. The van der Waals surface area contributed by atoms with Crippen molar-refractivity contribution in [3.63, 3.8) is 0 Å². The molecule has 1 rings (SSSR count). The van der Waals surface area contributed by atoms with Crippen molar-refractivity contribution in [1.29, 1.82) is 0 Å². The summed E-state index contributed by atoms with van der Waals surface area (Å²) in [5.74, 6) is -2.13. The number of aliphatic carboxylic acids is 1. The Labute approximate surface area is 133 Å². The van der Waals surface area contributed by atoms with Gasteiger partial charge in [-0.1, -0.05) is 57.2 Å². The predicted molar refractivity (Wildman–Crippen MR) is 87.1 cm³/mol. The van der Waals surface area contributed by atoms with Gasteiger partial charge in [-0.15, -0.1) is 0 Å². The number of carboxylic acids is 1. The molecule has 0 heterocycles. The van der Waals surface area contributed by atoms with Crippen LogP contribution in [-0.2, 0) is 9.53 Å². The fourth-order valence-corrected chi connectivity index (χ4v) is 2.42. The highest BCUT2D eigenvalue weighted by Gasteiger charge is 2.41. The summed E-state index contributed by atoms with van der Waals surface area (Å²) in [6.45, 7) is 4.26. The predicted octanol–water partition coefficient (Wildman–Crippen LogP) is 4.63. The highest BCUT2D eigenvalue weighted by atomic mass is 16.7. The normalized spacial score (nSPS) is 13.5. The Morgan fingerprint density at radius 1 is 1.05 bits per heavy atom. The van der Waals surface area contributed by atoms with E-state index in [1.165, 1.54) is 19.3 Å². The lowest BCUT2D eigenvalue weighted by Gasteiger charge is -2.30. The molecule has 1 unspecified atom stereocenters. The molecule has 0 bridgehead atoms. The average molecular weight is 308 g/mol. The van der Waals surface area contributed by atoms with Gasteiger partial charge in [-0.2, -0.15) is 0 Å². The fourth-order valence-electron chi connectivity index (χ4n) is 2.42. The first-order chi connectivity index (χ1) is 10.6. The molecule has 0 aliphatic heterocycles. The number of benzene rings is 1. The zero-order chi connectivity index (χ0) is 16.3. The molecule has 0 fully saturated rings. The van der Waals surface area contributed by atoms with E-state index in [9.17, 15) is 9.90 Å². The van der Waals surface area contributed by atoms with Crippen LogP contribution in [0.2, 0.25) is 0 Å². The summed E-state index contributed by atoms with van der Waals surface area (Å²) in [4.78, 5) is 11.7. The second kappa shape index (κ2) is 10.2.